The summed E-state index contributed by atoms with van der Waals surface area (Å²) in [5.74, 6) is 2.37. The fourth-order valence-corrected chi connectivity index (χ4v) is 9.49. The van der Waals surface area contributed by atoms with Crippen LogP contribution in [0.1, 0.15) is 23.8 Å². The SMILES string of the molecule is C=C/C=C\C1=C(C)Oc2c(oc3cc(N(c4ccc(-c5ccccc5)cc4)c4ccc(-c5ccc(-c6ccccc6)cc5)cc4)ccc23)C12c1ccccc1-c1ccccc12. The second kappa shape index (κ2) is 14.7. The van der Waals surface area contributed by atoms with Gasteiger partial charge in [-0.25, -0.2) is 0 Å². The number of furan rings is 1. The van der Waals surface area contributed by atoms with E-state index in [4.69, 9.17) is 9.15 Å². The Balaban J connectivity index is 1.05. The maximum atomic E-state index is 7.21. The van der Waals surface area contributed by atoms with Gasteiger partial charge in [0.1, 0.15) is 16.8 Å². The van der Waals surface area contributed by atoms with E-state index in [9.17, 15) is 0 Å². The van der Waals surface area contributed by atoms with Gasteiger partial charge in [0, 0.05) is 28.7 Å². The smallest absolute Gasteiger partial charge is 0.177 e. The van der Waals surface area contributed by atoms with Crippen molar-refractivity contribution in [3.63, 3.8) is 0 Å². The van der Waals surface area contributed by atoms with E-state index in [1.165, 1.54) is 44.5 Å². The molecule has 0 fully saturated rings. The Morgan fingerprint density at radius 3 is 1.44 bits per heavy atom. The van der Waals surface area contributed by atoms with Crippen LogP contribution in [0.5, 0.6) is 5.75 Å². The summed E-state index contributed by atoms with van der Waals surface area (Å²) in [7, 11) is 0. The maximum absolute atomic E-state index is 7.21. The molecule has 0 atom stereocenters. The van der Waals surface area contributed by atoms with Crippen molar-refractivity contribution in [1.29, 1.82) is 0 Å². The van der Waals surface area contributed by atoms with Crippen LogP contribution in [0.2, 0.25) is 0 Å². The quantitative estimate of drug-likeness (QED) is 0.144. The Kier molecular flexibility index (Phi) is 8.75. The molecule has 11 rings (SSSR count). The van der Waals surface area contributed by atoms with Crippen LogP contribution in [0.3, 0.4) is 0 Å². The molecule has 0 saturated carbocycles. The van der Waals surface area contributed by atoms with Crippen LogP contribution in [-0.4, -0.2) is 0 Å². The molecule has 8 aromatic carbocycles. The first-order valence-corrected chi connectivity index (χ1v) is 20.8. The van der Waals surface area contributed by atoms with Crippen molar-refractivity contribution in [3.8, 4) is 50.3 Å². The summed E-state index contributed by atoms with van der Waals surface area (Å²) in [5, 5.41) is 0.930. The van der Waals surface area contributed by atoms with Gasteiger partial charge in [-0.05, 0) is 99.0 Å². The van der Waals surface area contributed by atoms with E-state index >= 15 is 0 Å². The normalized spacial score (nSPS) is 13.5. The Labute approximate surface area is 356 Å². The molecule has 1 aliphatic carbocycles. The summed E-state index contributed by atoms with van der Waals surface area (Å²) < 4.78 is 14.0. The van der Waals surface area contributed by atoms with Crippen molar-refractivity contribution >= 4 is 28.0 Å². The van der Waals surface area contributed by atoms with Crippen molar-refractivity contribution in [2.45, 2.75) is 12.3 Å². The first-order chi connectivity index (χ1) is 30.1. The predicted molar refractivity (Wildman–Crippen MR) is 252 cm³/mol. The molecule has 0 saturated heterocycles. The monoisotopic (exact) mass is 783 g/mol. The van der Waals surface area contributed by atoms with Gasteiger partial charge >= 0.3 is 0 Å². The number of fused-ring (bicyclic) bond motifs is 9. The van der Waals surface area contributed by atoms with E-state index in [2.05, 4.69) is 225 Å². The highest BCUT2D eigenvalue weighted by molar-refractivity contribution is 5.95. The highest BCUT2D eigenvalue weighted by Crippen LogP contribution is 2.62. The Morgan fingerprint density at radius 1 is 0.492 bits per heavy atom. The van der Waals surface area contributed by atoms with Gasteiger partial charge in [-0.3, -0.25) is 0 Å². The molecule has 3 heteroatoms. The topological polar surface area (TPSA) is 25.6 Å². The molecule has 9 aromatic rings. The number of allylic oxidation sites excluding steroid dienone is 5. The molecular formula is C58H41NO2. The van der Waals surface area contributed by atoms with Gasteiger partial charge in [-0.15, -0.1) is 0 Å². The zero-order valence-electron chi connectivity index (χ0n) is 33.8. The lowest BCUT2D eigenvalue weighted by molar-refractivity contribution is 0.356. The minimum Gasteiger partial charge on any atom is -0.457 e. The molecule has 1 spiro atoms. The summed E-state index contributed by atoms with van der Waals surface area (Å²) in [4.78, 5) is 2.30. The molecule has 1 aromatic heterocycles. The van der Waals surface area contributed by atoms with Crippen LogP contribution in [0.4, 0.5) is 17.1 Å². The third kappa shape index (κ3) is 5.89. The van der Waals surface area contributed by atoms with E-state index < -0.39 is 5.41 Å². The van der Waals surface area contributed by atoms with Crippen LogP contribution in [0.25, 0.3) is 55.5 Å². The van der Waals surface area contributed by atoms with Crippen LogP contribution in [0, 0.1) is 0 Å². The van der Waals surface area contributed by atoms with E-state index in [-0.39, 0.29) is 0 Å². The molecule has 61 heavy (non-hydrogen) atoms. The van der Waals surface area contributed by atoms with Crippen LogP contribution < -0.4 is 9.64 Å². The van der Waals surface area contributed by atoms with E-state index in [0.29, 0.717) is 0 Å². The van der Waals surface area contributed by atoms with Crippen molar-refractivity contribution in [1.82, 2.24) is 0 Å². The summed E-state index contributed by atoms with van der Waals surface area (Å²) >= 11 is 0. The number of nitrogens with zero attached hydrogens (tertiary/aromatic N) is 1. The van der Waals surface area contributed by atoms with Gasteiger partial charge in [-0.2, -0.15) is 0 Å². The molecule has 2 heterocycles. The molecule has 2 aliphatic rings. The lowest BCUT2D eigenvalue weighted by Crippen LogP contribution is -2.33. The van der Waals surface area contributed by atoms with Gasteiger partial charge in [0.2, 0.25) is 0 Å². The molecule has 0 N–H and O–H groups in total. The summed E-state index contributed by atoms with van der Waals surface area (Å²) in [6.45, 7) is 6.07. The zero-order valence-corrected chi connectivity index (χ0v) is 33.8. The predicted octanol–water partition coefficient (Wildman–Crippen LogP) is 15.6. The highest BCUT2D eigenvalue weighted by atomic mass is 16.5. The minimum atomic E-state index is -0.717. The number of hydrogen-bond donors (Lipinski definition) is 0. The lowest BCUT2D eigenvalue weighted by Gasteiger charge is -2.36. The second-order valence-corrected chi connectivity index (χ2v) is 15.7. The van der Waals surface area contributed by atoms with Gasteiger partial charge < -0.3 is 14.1 Å². The van der Waals surface area contributed by atoms with Gasteiger partial charge in [0.15, 0.2) is 11.5 Å². The third-order valence-electron chi connectivity index (χ3n) is 12.3. The molecular weight excluding hydrogens is 743 g/mol. The molecule has 0 radical (unpaired) electrons. The Morgan fingerprint density at radius 2 is 0.934 bits per heavy atom. The van der Waals surface area contributed by atoms with E-state index in [1.54, 1.807) is 0 Å². The van der Waals surface area contributed by atoms with Crippen molar-refractivity contribution < 1.29 is 9.15 Å². The number of ether oxygens (including phenoxy) is 1. The second-order valence-electron chi connectivity index (χ2n) is 15.7. The first kappa shape index (κ1) is 36.2. The summed E-state index contributed by atoms with van der Waals surface area (Å²) in [5.41, 5.74) is 16.0. The van der Waals surface area contributed by atoms with Crippen LogP contribution >= 0.6 is 0 Å². The summed E-state index contributed by atoms with van der Waals surface area (Å²) in [6.07, 6.45) is 5.94. The van der Waals surface area contributed by atoms with Crippen molar-refractivity contribution in [2.24, 2.45) is 0 Å². The standard InChI is InChI=1S/C58H41NO2/c1-3-4-21-52-39(2)60-56-51-37-36-48(38-55(51)61-57(56)58(52)53-22-13-11-19-49(53)50-20-12-14-23-54(50)58)59(46-32-28-44(29-33-46)41-17-9-6-10-18-41)47-34-30-45(31-35-47)43-26-24-42(25-27-43)40-15-7-5-8-16-40/h3-38H,1H2,2H3/b21-4-. The van der Waals surface area contributed by atoms with Crippen LogP contribution in [0.15, 0.2) is 241 Å². The van der Waals surface area contributed by atoms with E-state index in [1.807, 2.05) is 12.2 Å². The van der Waals surface area contributed by atoms with Crippen molar-refractivity contribution in [3.05, 3.63) is 253 Å². The third-order valence-corrected chi connectivity index (χ3v) is 12.3. The number of rotatable bonds is 8. The molecule has 3 nitrogen and oxygen atoms in total. The molecule has 0 amide bonds. The average Bonchev–Trinajstić information content (AvgIpc) is 3.83. The van der Waals surface area contributed by atoms with Crippen LogP contribution in [-0.2, 0) is 5.41 Å². The molecule has 0 unspecified atom stereocenters. The van der Waals surface area contributed by atoms with Gasteiger partial charge in [-0.1, -0.05) is 183 Å². The fourth-order valence-electron chi connectivity index (χ4n) is 9.49. The van der Waals surface area contributed by atoms with Gasteiger partial charge in [0.25, 0.3) is 0 Å². The largest absolute Gasteiger partial charge is 0.457 e. The number of hydrogen-bond acceptors (Lipinski definition) is 3. The zero-order chi connectivity index (χ0) is 40.9. The minimum absolute atomic E-state index is 0.717. The lowest BCUT2D eigenvalue weighted by atomic mass is 9.68. The number of benzene rings is 8. The molecule has 290 valence electrons. The molecule has 0 bridgehead atoms. The average molecular weight is 784 g/mol. The van der Waals surface area contributed by atoms with Crippen molar-refractivity contribution in [2.75, 3.05) is 4.90 Å². The highest BCUT2D eigenvalue weighted by Gasteiger charge is 2.54. The fraction of sp³-hybridized carbons (Fsp3) is 0.0345. The Hall–Kier alpha value is -7.88. The number of anilines is 3. The summed E-state index contributed by atoms with van der Waals surface area (Å²) in [6, 6.07) is 71.3. The maximum Gasteiger partial charge on any atom is 0.177 e. The first-order valence-electron chi connectivity index (χ1n) is 20.8. The van der Waals surface area contributed by atoms with E-state index in [0.717, 1.165) is 62.0 Å². The Bertz CT molecular complexity index is 3110. The molecule has 1 aliphatic heterocycles. The van der Waals surface area contributed by atoms with Gasteiger partial charge in [0.05, 0.1) is 5.39 Å².